The SMILES string of the molecule is CC(C)(C)NCCCCNc1ccc(Cl)cc1. The smallest absolute Gasteiger partial charge is 0.0407 e. The van der Waals surface area contributed by atoms with Crippen molar-refractivity contribution in [3.63, 3.8) is 0 Å². The zero-order valence-electron chi connectivity index (χ0n) is 11.0. The second-order valence-corrected chi connectivity index (χ2v) is 5.75. The zero-order chi connectivity index (χ0) is 12.7. The molecule has 3 heteroatoms. The van der Waals surface area contributed by atoms with Gasteiger partial charge in [-0.15, -0.1) is 0 Å². The average Bonchev–Trinajstić information content (AvgIpc) is 2.24. The molecule has 1 aromatic rings. The van der Waals surface area contributed by atoms with E-state index in [0.717, 1.165) is 23.8 Å². The summed E-state index contributed by atoms with van der Waals surface area (Å²) in [7, 11) is 0. The van der Waals surface area contributed by atoms with Gasteiger partial charge in [0.1, 0.15) is 0 Å². The highest BCUT2D eigenvalue weighted by Crippen LogP contribution is 2.13. The summed E-state index contributed by atoms with van der Waals surface area (Å²) in [6, 6.07) is 7.83. The molecule has 0 spiro atoms. The summed E-state index contributed by atoms with van der Waals surface area (Å²) in [5, 5.41) is 7.65. The van der Waals surface area contributed by atoms with Crippen LogP contribution in [-0.4, -0.2) is 18.6 Å². The minimum absolute atomic E-state index is 0.226. The molecule has 1 rings (SSSR count). The molecule has 0 saturated heterocycles. The normalized spacial score (nSPS) is 11.5. The fourth-order valence-corrected chi connectivity index (χ4v) is 1.64. The first kappa shape index (κ1) is 14.3. The van der Waals surface area contributed by atoms with E-state index in [1.165, 1.54) is 12.8 Å². The van der Waals surface area contributed by atoms with E-state index in [0.29, 0.717) is 0 Å². The maximum Gasteiger partial charge on any atom is 0.0407 e. The van der Waals surface area contributed by atoms with Gasteiger partial charge in [-0.3, -0.25) is 0 Å². The molecular weight excluding hydrogens is 232 g/mol. The first-order valence-corrected chi connectivity index (χ1v) is 6.60. The Labute approximate surface area is 110 Å². The molecule has 0 aromatic heterocycles. The molecule has 0 unspecified atom stereocenters. The molecule has 0 fully saturated rings. The summed E-state index contributed by atoms with van der Waals surface area (Å²) in [4.78, 5) is 0. The van der Waals surface area contributed by atoms with Crippen LogP contribution in [0.2, 0.25) is 5.02 Å². The Morgan fingerprint density at radius 2 is 1.59 bits per heavy atom. The van der Waals surface area contributed by atoms with Gasteiger partial charge in [0, 0.05) is 22.8 Å². The van der Waals surface area contributed by atoms with Gasteiger partial charge in [-0.05, 0) is 64.4 Å². The van der Waals surface area contributed by atoms with E-state index in [2.05, 4.69) is 31.4 Å². The van der Waals surface area contributed by atoms with Crippen molar-refractivity contribution < 1.29 is 0 Å². The molecule has 0 atom stereocenters. The maximum atomic E-state index is 5.82. The van der Waals surface area contributed by atoms with Crippen molar-refractivity contribution in [1.82, 2.24) is 5.32 Å². The predicted molar refractivity (Wildman–Crippen MR) is 76.9 cm³/mol. The Morgan fingerprint density at radius 3 is 2.18 bits per heavy atom. The summed E-state index contributed by atoms with van der Waals surface area (Å²) in [5.74, 6) is 0. The van der Waals surface area contributed by atoms with Crippen LogP contribution < -0.4 is 10.6 Å². The summed E-state index contributed by atoms with van der Waals surface area (Å²) < 4.78 is 0. The lowest BCUT2D eigenvalue weighted by Crippen LogP contribution is -2.36. The van der Waals surface area contributed by atoms with Gasteiger partial charge in [0.2, 0.25) is 0 Å². The Kier molecular flexibility index (Phi) is 5.79. The van der Waals surface area contributed by atoms with Crippen LogP contribution >= 0.6 is 11.6 Å². The van der Waals surface area contributed by atoms with Gasteiger partial charge in [0.05, 0.1) is 0 Å². The molecule has 0 radical (unpaired) electrons. The third-order valence-corrected chi connectivity index (χ3v) is 2.68. The Balaban J connectivity index is 2.07. The van der Waals surface area contributed by atoms with Crippen LogP contribution in [0.1, 0.15) is 33.6 Å². The highest BCUT2D eigenvalue weighted by molar-refractivity contribution is 6.30. The number of halogens is 1. The molecule has 0 amide bonds. The summed E-state index contributed by atoms with van der Waals surface area (Å²) >= 11 is 5.82. The topological polar surface area (TPSA) is 24.1 Å². The molecule has 0 aliphatic carbocycles. The quantitative estimate of drug-likeness (QED) is 0.752. The van der Waals surface area contributed by atoms with E-state index in [4.69, 9.17) is 11.6 Å². The fourth-order valence-electron chi connectivity index (χ4n) is 1.51. The lowest BCUT2D eigenvalue weighted by Gasteiger charge is -2.20. The molecule has 0 bridgehead atoms. The monoisotopic (exact) mass is 254 g/mol. The fraction of sp³-hybridized carbons (Fsp3) is 0.571. The Morgan fingerprint density at radius 1 is 1.00 bits per heavy atom. The average molecular weight is 255 g/mol. The van der Waals surface area contributed by atoms with E-state index in [-0.39, 0.29) is 5.54 Å². The van der Waals surface area contributed by atoms with Crippen molar-refractivity contribution in [3.05, 3.63) is 29.3 Å². The first-order chi connectivity index (χ1) is 7.97. The van der Waals surface area contributed by atoms with E-state index < -0.39 is 0 Å². The van der Waals surface area contributed by atoms with E-state index >= 15 is 0 Å². The Bertz CT molecular complexity index is 314. The van der Waals surface area contributed by atoms with Crippen LogP contribution in [0.4, 0.5) is 5.69 Å². The second kappa shape index (κ2) is 6.87. The Hall–Kier alpha value is -0.730. The summed E-state index contributed by atoms with van der Waals surface area (Å²) in [5.41, 5.74) is 1.36. The van der Waals surface area contributed by atoms with E-state index in [1.54, 1.807) is 0 Å². The van der Waals surface area contributed by atoms with Gasteiger partial charge in [-0.1, -0.05) is 11.6 Å². The van der Waals surface area contributed by atoms with Crippen LogP contribution in [-0.2, 0) is 0 Å². The molecule has 17 heavy (non-hydrogen) atoms. The van der Waals surface area contributed by atoms with Gasteiger partial charge in [-0.2, -0.15) is 0 Å². The van der Waals surface area contributed by atoms with Crippen LogP contribution in [0.25, 0.3) is 0 Å². The molecule has 0 aliphatic rings. The van der Waals surface area contributed by atoms with Crippen molar-refractivity contribution in [2.24, 2.45) is 0 Å². The largest absolute Gasteiger partial charge is 0.385 e. The van der Waals surface area contributed by atoms with Gasteiger partial charge in [0.25, 0.3) is 0 Å². The maximum absolute atomic E-state index is 5.82. The predicted octanol–water partition coefficient (Wildman–Crippen LogP) is 3.92. The van der Waals surface area contributed by atoms with E-state index in [1.807, 2.05) is 24.3 Å². The highest BCUT2D eigenvalue weighted by atomic mass is 35.5. The molecule has 0 saturated carbocycles. The lowest BCUT2D eigenvalue weighted by molar-refractivity contribution is 0.420. The summed E-state index contributed by atoms with van der Waals surface area (Å²) in [6.07, 6.45) is 2.36. The van der Waals surface area contributed by atoms with Crippen LogP contribution in [0.15, 0.2) is 24.3 Å². The minimum atomic E-state index is 0.226. The molecule has 1 aromatic carbocycles. The first-order valence-electron chi connectivity index (χ1n) is 6.22. The van der Waals surface area contributed by atoms with Crippen molar-refractivity contribution in [3.8, 4) is 0 Å². The highest BCUT2D eigenvalue weighted by Gasteiger charge is 2.06. The molecule has 2 nitrogen and oxygen atoms in total. The minimum Gasteiger partial charge on any atom is -0.385 e. The standard InChI is InChI=1S/C14H23ClN2/c1-14(2,3)17-11-5-4-10-16-13-8-6-12(15)7-9-13/h6-9,16-17H,4-5,10-11H2,1-3H3. The molecular formula is C14H23ClN2. The van der Waals surface area contributed by atoms with Crippen LogP contribution in [0.3, 0.4) is 0 Å². The van der Waals surface area contributed by atoms with Gasteiger partial charge < -0.3 is 10.6 Å². The number of rotatable bonds is 6. The second-order valence-electron chi connectivity index (χ2n) is 5.32. The molecule has 2 N–H and O–H groups in total. The van der Waals surface area contributed by atoms with Gasteiger partial charge in [-0.25, -0.2) is 0 Å². The third-order valence-electron chi connectivity index (χ3n) is 2.43. The third kappa shape index (κ3) is 7.24. The molecule has 0 heterocycles. The van der Waals surface area contributed by atoms with Crippen LogP contribution in [0.5, 0.6) is 0 Å². The van der Waals surface area contributed by atoms with E-state index in [9.17, 15) is 0 Å². The van der Waals surface area contributed by atoms with Crippen molar-refractivity contribution >= 4 is 17.3 Å². The van der Waals surface area contributed by atoms with Crippen LogP contribution in [0, 0.1) is 0 Å². The number of anilines is 1. The number of benzene rings is 1. The number of hydrogen-bond acceptors (Lipinski definition) is 2. The van der Waals surface area contributed by atoms with Gasteiger partial charge >= 0.3 is 0 Å². The van der Waals surface area contributed by atoms with Crippen molar-refractivity contribution in [2.45, 2.75) is 39.2 Å². The molecule has 0 aliphatic heterocycles. The lowest BCUT2D eigenvalue weighted by atomic mass is 10.1. The summed E-state index contributed by atoms with van der Waals surface area (Å²) in [6.45, 7) is 8.66. The zero-order valence-corrected chi connectivity index (χ0v) is 11.8. The number of unbranched alkanes of at least 4 members (excludes halogenated alkanes) is 1. The van der Waals surface area contributed by atoms with Gasteiger partial charge in [0.15, 0.2) is 0 Å². The number of hydrogen-bond donors (Lipinski definition) is 2. The van der Waals surface area contributed by atoms with Crippen molar-refractivity contribution in [2.75, 3.05) is 18.4 Å². The number of nitrogens with one attached hydrogen (secondary N) is 2. The van der Waals surface area contributed by atoms with Crippen molar-refractivity contribution in [1.29, 1.82) is 0 Å². The molecule has 96 valence electrons.